The van der Waals surface area contributed by atoms with E-state index in [1.165, 1.54) is 66.5 Å². The normalized spacial score (nSPS) is 13.1. The second kappa shape index (κ2) is 9.84. The number of aromatic nitrogens is 2. The Kier molecular flexibility index (Phi) is 5.55. The minimum atomic E-state index is 0.894. The zero-order valence-electron chi connectivity index (χ0n) is 24.9. The van der Waals surface area contributed by atoms with Crippen LogP contribution >= 0.6 is 15.9 Å². The van der Waals surface area contributed by atoms with Crippen molar-refractivity contribution < 1.29 is 4.42 Å². The molecule has 9 aromatic rings. The van der Waals surface area contributed by atoms with Crippen molar-refractivity contribution >= 4 is 76.7 Å². The van der Waals surface area contributed by atoms with Crippen LogP contribution in [0.2, 0.25) is 0 Å². The van der Waals surface area contributed by atoms with Crippen LogP contribution in [0.5, 0.6) is 0 Å². The quantitative estimate of drug-likeness (QED) is 0.186. The fourth-order valence-electron chi connectivity index (χ4n) is 7.60. The molecule has 0 fully saturated rings. The van der Waals surface area contributed by atoms with Crippen LogP contribution in [0.1, 0.15) is 17.7 Å². The predicted molar refractivity (Wildman–Crippen MR) is 195 cm³/mol. The highest BCUT2D eigenvalue weighted by molar-refractivity contribution is 9.10. The van der Waals surface area contributed by atoms with E-state index >= 15 is 0 Å². The van der Waals surface area contributed by atoms with Gasteiger partial charge in [0.05, 0.1) is 16.6 Å². The third-order valence-electron chi connectivity index (χ3n) is 9.64. The summed E-state index contributed by atoms with van der Waals surface area (Å²) in [6.07, 6.45) is 6.73. The molecule has 10 rings (SSSR count). The van der Waals surface area contributed by atoms with Crippen molar-refractivity contribution in [3.8, 4) is 22.5 Å². The molecule has 0 atom stereocenters. The molecule has 0 N–H and O–H groups in total. The van der Waals surface area contributed by atoms with Crippen molar-refractivity contribution in [2.24, 2.45) is 0 Å². The van der Waals surface area contributed by atoms with Gasteiger partial charge in [0.1, 0.15) is 11.2 Å². The Morgan fingerprint density at radius 2 is 1.22 bits per heavy atom. The van der Waals surface area contributed by atoms with Crippen LogP contribution < -0.4 is 0 Å². The van der Waals surface area contributed by atoms with Gasteiger partial charge >= 0.3 is 0 Å². The number of aryl methyl sites for hydroxylation is 1. The largest absolute Gasteiger partial charge is 0.456 e. The van der Waals surface area contributed by atoms with Gasteiger partial charge in [-0.2, -0.15) is 0 Å². The van der Waals surface area contributed by atoms with Crippen LogP contribution in [0.25, 0.3) is 83.2 Å². The molecule has 3 aromatic heterocycles. The zero-order chi connectivity index (χ0) is 30.4. The Labute approximate surface area is 273 Å². The molecule has 3 nitrogen and oxygen atoms in total. The number of hydrogen-bond donors (Lipinski definition) is 0. The highest BCUT2D eigenvalue weighted by Gasteiger charge is 2.22. The summed E-state index contributed by atoms with van der Waals surface area (Å²) in [4.78, 5) is 0. The summed E-state index contributed by atoms with van der Waals surface area (Å²) in [5.41, 5.74) is 12.9. The lowest BCUT2D eigenvalue weighted by Gasteiger charge is -2.11. The number of fused-ring (bicyclic) bond motifs is 9. The summed E-state index contributed by atoms with van der Waals surface area (Å²) in [5, 5.41) is 6.06. The van der Waals surface area contributed by atoms with Gasteiger partial charge in [0.2, 0.25) is 0 Å². The molecule has 6 aromatic carbocycles. The summed E-state index contributed by atoms with van der Waals surface area (Å²) >= 11 is 3.76. The smallest absolute Gasteiger partial charge is 0.136 e. The first-order valence-electron chi connectivity index (χ1n) is 15.8. The molecule has 0 saturated carbocycles. The summed E-state index contributed by atoms with van der Waals surface area (Å²) in [6.45, 7) is 0. The van der Waals surface area contributed by atoms with E-state index < -0.39 is 0 Å². The molecular formula is C42H27BrN2O. The molecule has 1 aliphatic rings. The SMILES string of the molecule is Brc1cccc2oc3ccc(-c4ccc5c(c4)c4cc6c(cc4n5-c4ccccc4)c4c(n6-c5ccccc5)C=CCC4)cc3c12. The summed E-state index contributed by atoms with van der Waals surface area (Å²) in [6, 6.07) is 46.0. The second-order valence-corrected chi connectivity index (χ2v) is 13.0. The van der Waals surface area contributed by atoms with Gasteiger partial charge < -0.3 is 13.6 Å². The zero-order valence-corrected chi connectivity index (χ0v) is 26.5. The fraction of sp³-hybridized carbons (Fsp3) is 0.0476. The van der Waals surface area contributed by atoms with Gasteiger partial charge in [-0.3, -0.25) is 0 Å². The average Bonchev–Trinajstić information content (AvgIpc) is 3.75. The van der Waals surface area contributed by atoms with Crippen molar-refractivity contribution in [2.75, 3.05) is 0 Å². The Morgan fingerprint density at radius 1 is 0.543 bits per heavy atom. The Hall–Kier alpha value is -5.32. The third kappa shape index (κ3) is 3.71. The van der Waals surface area contributed by atoms with E-state index in [0.29, 0.717) is 0 Å². The Bertz CT molecular complexity index is 2690. The lowest BCUT2D eigenvalue weighted by atomic mass is 9.99. The van der Waals surface area contributed by atoms with Gasteiger partial charge in [0.25, 0.3) is 0 Å². The molecule has 3 heterocycles. The van der Waals surface area contributed by atoms with E-state index in [2.05, 4.69) is 152 Å². The van der Waals surface area contributed by atoms with Crippen LogP contribution in [0.3, 0.4) is 0 Å². The molecule has 0 aliphatic heterocycles. The number of rotatable bonds is 3. The number of para-hydroxylation sites is 2. The van der Waals surface area contributed by atoms with E-state index in [4.69, 9.17) is 4.42 Å². The maximum Gasteiger partial charge on any atom is 0.136 e. The van der Waals surface area contributed by atoms with E-state index in [9.17, 15) is 0 Å². The third-order valence-corrected chi connectivity index (χ3v) is 10.3. The molecule has 4 heteroatoms. The van der Waals surface area contributed by atoms with E-state index in [1.807, 2.05) is 12.1 Å². The van der Waals surface area contributed by atoms with Gasteiger partial charge in [-0.1, -0.05) is 76.6 Å². The van der Waals surface area contributed by atoms with E-state index in [1.54, 1.807) is 0 Å². The minimum Gasteiger partial charge on any atom is -0.456 e. The molecular weight excluding hydrogens is 628 g/mol. The maximum absolute atomic E-state index is 6.19. The molecule has 0 unspecified atom stereocenters. The highest BCUT2D eigenvalue weighted by Crippen LogP contribution is 2.42. The number of benzene rings is 6. The van der Waals surface area contributed by atoms with Crippen LogP contribution in [-0.4, -0.2) is 9.13 Å². The first kappa shape index (κ1) is 26.0. The average molecular weight is 656 g/mol. The fourth-order valence-corrected chi connectivity index (χ4v) is 8.16. The summed E-state index contributed by atoms with van der Waals surface area (Å²) in [7, 11) is 0. The Morgan fingerprint density at radius 3 is 2.02 bits per heavy atom. The van der Waals surface area contributed by atoms with Gasteiger partial charge in [-0.25, -0.2) is 0 Å². The monoisotopic (exact) mass is 654 g/mol. The lowest BCUT2D eigenvalue weighted by Crippen LogP contribution is -1.99. The number of allylic oxidation sites excluding steroid dienone is 1. The van der Waals surface area contributed by atoms with Crippen molar-refractivity contribution in [1.82, 2.24) is 9.13 Å². The molecule has 46 heavy (non-hydrogen) atoms. The van der Waals surface area contributed by atoms with Crippen LogP contribution in [0, 0.1) is 0 Å². The van der Waals surface area contributed by atoms with Crippen LogP contribution in [0.15, 0.2) is 142 Å². The van der Waals surface area contributed by atoms with Gasteiger partial charge in [0, 0.05) is 48.5 Å². The number of furan rings is 1. The van der Waals surface area contributed by atoms with Crippen LogP contribution in [0.4, 0.5) is 0 Å². The van der Waals surface area contributed by atoms with Crippen molar-refractivity contribution in [1.29, 1.82) is 0 Å². The van der Waals surface area contributed by atoms with Crippen molar-refractivity contribution in [3.05, 3.63) is 149 Å². The van der Waals surface area contributed by atoms with Gasteiger partial charge in [-0.15, -0.1) is 0 Å². The van der Waals surface area contributed by atoms with E-state index in [-0.39, 0.29) is 0 Å². The predicted octanol–water partition coefficient (Wildman–Crippen LogP) is 12.0. The minimum absolute atomic E-state index is 0.894. The molecule has 218 valence electrons. The standard InChI is InChI=1S/C42H27BrN2O/c43-35-15-9-17-41-42(35)34-23-27(19-21-40(34)46-41)26-18-20-37-31(22-26)33-25-38-32(24-39(33)45(37)29-12-5-2-6-13-29)30-14-7-8-16-36(30)44(38)28-10-3-1-4-11-28/h1-6,8-13,15-25H,7,14H2. The van der Waals surface area contributed by atoms with Crippen molar-refractivity contribution in [3.63, 3.8) is 0 Å². The topological polar surface area (TPSA) is 23.0 Å². The number of hydrogen-bond acceptors (Lipinski definition) is 1. The van der Waals surface area contributed by atoms with E-state index in [0.717, 1.165) is 39.3 Å². The molecule has 0 spiro atoms. The molecule has 0 radical (unpaired) electrons. The number of nitrogens with zero attached hydrogens (tertiary/aromatic N) is 2. The summed E-state index contributed by atoms with van der Waals surface area (Å²) in [5.74, 6) is 0. The second-order valence-electron chi connectivity index (χ2n) is 12.2. The lowest BCUT2D eigenvalue weighted by molar-refractivity contribution is 0.669. The maximum atomic E-state index is 6.19. The van der Waals surface area contributed by atoms with Gasteiger partial charge in [-0.05, 0) is 108 Å². The van der Waals surface area contributed by atoms with Crippen molar-refractivity contribution in [2.45, 2.75) is 12.8 Å². The number of halogens is 1. The van der Waals surface area contributed by atoms with Crippen LogP contribution in [-0.2, 0) is 6.42 Å². The molecule has 0 bridgehead atoms. The van der Waals surface area contributed by atoms with Gasteiger partial charge in [0.15, 0.2) is 0 Å². The molecule has 1 aliphatic carbocycles. The first-order valence-corrected chi connectivity index (χ1v) is 16.6. The first-order chi connectivity index (χ1) is 22.7. The summed E-state index contributed by atoms with van der Waals surface area (Å²) < 4.78 is 12.1. The molecule has 0 saturated heterocycles. The molecule has 0 amide bonds. The highest BCUT2D eigenvalue weighted by atomic mass is 79.9. The Balaban J connectivity index is 1.28.